The highest BCUT2D eigenvalue weighted by atomic mass is 32.2. The second-order valence-corrected chi connectivity index (χ2v) is 9.71. The van der Waals surface area contributed by atoms with E-state index in [2.05, 4.69) is 41.7 Å². The van der Waals surface area contributed by atoms with Crippen LogP contribution in [-0.4, -0.2) is 29.2 Å². The van der Waals surface area contributed by atoms with Crippen molar-refractivity contribution in [2.24, 2.45) is 0 Å². The molecule has 1 amide bonds. The molecular formula is C28H38F3N3OS. The second kappa shape index (κ2) is 15.4. The summed E-state index contributed by atoms with van der Waals surface area (Å²) in [7, 11) is 0. The van der Waals surface area contributed by atoms with Gasteiger partial charge in [0, 0.05) is 18.8 Å². The molecule has 0 radical (unpaired) electrons. The van der Waals surface area contributed by atoms with Gasteiger partial charge in [-0.15, -0.1) is 11.8 Å². The Kier molecular flexibility index (Phi) is 13.4. The number of rotatable bonds is 7. The van der Waals surface area contributed by atoms with Crippen LogP contribution in [0.2, 0.25) is 0 Å². The molecule has 0 spiro atoms. The zero-order valence-corrected chi connectivity index (χ0v) is 23.0. The minimum Gasteiger partial charge on any atom is -0.379 e. The largest absolute Gasteiger partial charge is 0.379 e. The predicted octanol–water partition coefficient (Wildman–Crippen LogP) is 7.40. The minimum absolute atomic E-state index is 0.153. The Morgan fingerprint density at radius 2 is 1.92 bits per heavy atom. The zero-order valence-electron chi connectivity index (χ0n) is 22.2. The van der Waals surface area contributed by atoms with Crippen molar-refractivity contribution < 1.29 is 18.0 Å². The van der Waals surface area contributed by atoms with Crippen LogP contribution in [0.25, 0.3) is 11.6 Å². The van der Waals surface area contributed by atoms with E-state index in [0.29, 0.717) is 5.56 Å². The lowest BCUT2D eigenvalue weighted by Gasteiger charge is -2.17. The first-order valence-electron chi connectivity index (χ1n) is 11.9. The maximum Gasteiger partial charge on any atom is 0.264 e. The van der Waals surface area contributed by atoms with E-state index in [4.69, 9.17) is 0 Å². The smallest absolute Gasteiger partial charge is 0.264 e. The molecule has 0 saturated heterocycles. The Morgan fingerprint density at radius 3 is 2.33 bits per heavy atom. The van der Waals surface area contributed by atoms with Crippen LogP contribution in [0.3, 0.4) is 0 Å². The van der Waals surface area contributed by atoms with Crippen molar-refractivity contribution in [1.29, 1.82) is 0 Å². The lowest BCUT2D eigenvalue weighted by atomic mass is 9.98. The topological polar surface area (TPSA) is 54.0 Å². The van der Waals surface area contributed by atoms with Gasteiger partial charge in [-0.3, -0.25) is 9.78 Å². The van der Waals surface area contributed by atoms with Crippen molar-refractivity contribution in [3.8, 4) is 0 Å². The monoisotopic (exact) mass is 521 g/mol. The molecule has 1 aromatic heterocycles. The van der Waals surface area contributed by atoms with Crippen LogP contribution in [0.5, 0.6) is 0 Å². The average Bonchev–Trinajstić information content (AvgIpc) is 3.29. The summed E-state index contributed by atoms with van der Waals surface area (Å²) < 4.78 is 38.0. The van der Waals surface area contributed by atoms with Crippen LogP contribution < -0.4 is 10.6 Å². The number of nitrogens with zero attached hydrogens (tertiary/aromatic N) is 1. The maximum atomic E-state index is 13.8. The highest BCUT2D eigenvalue weighted by molar-refractivity contribution is 8.02. The number of aromatic nitrogens is 1. The van der Waals surface area contributed by atoms with Crippen molar-refractivity contribution in [1.82, 2.24) is 15.6 Å². The van der Waals surface area contributed by atoms with Crippen molar-refractivity contribution >= 4 is 29.8 Å². The van der Waals surface area contributed by atoms with Crippen LogP contribution in [0.1, 0.15) is 68.5 Å². The fourth-order valence-electron chi connectivity index (χ4n) is 3.00. The molecule has 198 valence electrons. The van der Waals surface area contributed by atoms with Gasteiger partial charge in [0.15, 0.2) is 0 Å². The third-order valence-electron chi connectivity index (χ3n) is 5.41. The van der Waals surface area contributed by atoms with E-state index in [1.165, 1.54) is 12.6 Å². The molecule has 2 aromatic rings. The van der Waals surface area contributed by atoms with E-state index in [1.807, 2.05) is 49.3 Å². The summed E-state index contributed by atoms with van der Waals surface area (Å²) in [5.41, 5.74) is 7.28. The van der Waals surface area contributed by atoms with Crippen molar-refractivity contribution in [3.63, 3.8) is 0 Å². The molecule has 0 fully saturated rings. The number of carbonyl (C=O) groups excluding carboxylic acids is 1. The lowest BCUT2D eigenvalue weighted by Crippen LogP contribution is -2.39. The summed E-state index contributed by atoms with van der Waals surface area (Å²) in [5.74, 6) is -1.92. The first kappa shape index (κ1) is 31.3. The van der Waals surface area contributed by atoms with Gasteiger partial charge in [-0.2, -0.15) is 0 Å². The Hall–Kier alpha value is -2.74. The van der Waals surface area contributed by atoms with Crippen LogP contribution in [0.4, 0.5) is 13.2 Å². The van der Waals surface area contributed by atoms with Gasteiger partial charge < -0.3 is 10.6 Å². The zero-order chi connectivity index (χ0) is 27.3. The highest BCUT2D eigenvalue weighted by Gasteiger charge is 2.29. The Labute approximate surface area is 217 Å². The molecule has 1 aliphatic heterocycles. The molecule has 0 saturated carbocycles. The number of halogens is 3. The molecule has 1 unspecified atom stereocenters. The van der Waals surface area contributed by atoms with Gasteiger partial charge in [0.05, 0.1) is 17.6 Å². The molecule has 2 N–H and O–H groups in total. The van der Waals surface area contributed by atoms with Crippen molar-refractivity contribution in [3.05, 3.63) is 75.3 Å². The summed E-state index contributed by atoms with van der Waals surface area (Å²) in [6.45, 7) is 12.1. The first-order chi connectivity index (χ1) is 16.9. The van der Waals surface area contributed by atoms with Crippen LogP contribution in [-0.2, 0) is 4.79 Å². The van der Waals surface area contributed by atoms with Crippen LogP contribution in [0.15, 0.2) is 41.6 Å². The fraction of sp³-hybridized carbons (Fsp3) is 0.429. The quantitative estimate of drug-likeness (QED) is 0.373. The molecule has 1 atom stereocenters. The van der Waals surface area contributed by atoms with Crippen molar-refractivity contribution in [2.45, 2.75) is 73.3 Å². The number of aryl methyl sites for hydroxylation is 3. The van der Waals surface area contributed by atoms with Crippen LogP contribution >= 0.6 is 11.8 Å². The van der Waals surface area contributed by atoms with Gasteiger partial charge in [-0.1, -0.05) is 25.5 Å². The molecule has 36 heavy (non-hydrogen) atoms. The fourth-order valence-corrected chi connectivity index (χ4v) is 3.73. The lowest BCUT2D eigenvalue weighted by molar-refractivity contribution is -0.113. The molecule has 8 heteroatoms. The highest BCUT2D eigenvalue weighted by Crippen LogP contribution is 2.24. The van der Waals surface area contributed by atoms with E-state index in [0.717, 1.165) is 53.6 Å². The molecule has 1 aliphatic rings. The van der Waals surface area contributed by atoms with E-state index in [9.17, 15) is 18.0 Å². The molecule has 3 rings (SSSR count). The number of alkyl halides is 2. The standard InChI is InChI=1S/C19H22FN.C5H9F2NO.C4H7NS/c1-5-6-16(19-8-7-13(2)12-21-19)10-17-11-18(20)15(4)9-14(17)3;1-4(8-3-9)5(2,6)7;1-4-2-6-3-5-4/h7-12H,5-6H2,1-4H3;3-4H,1-2H3,(H,8,9);2,5H,3H2,1H3/b16-10+;;. The van der Waals surface area contributed by atoms with E-state index >= 15 is 0 Å². The van der Waals surface area contributed by atoms with Gasteiger partial charge in [-0.05, 0) is 92.5 Å². The molecule has 0 bridgehead atoms. The molecular weight excluding hydrogens is 483 g/mol. The Balaban J connectivity index is 0.000000353. The number of benzene rings is 1. The van der Waals surface area contributed by atoms with E-state index in [1.54, 1.807) is 13.0 Å². The number of nitrogens with one attached hydrogen (secondary N) is 2. The number of allylic oxidation sites excluding steroid dienone is 2. The number of pyridine rings is 1. The second-order valence-electron chi connectivity index (χ2n) is 8.85. The number of carbonyl (C=O) groups is 1. The summed E-state index contributed by atoms with van der Waals surface area (Å²) in [4.78, 5) is 14.1. The normalized spacial score (nSPS) is 13.8. The van der Waals surface area contributed by atoms with Gasteiger partial charge in [0.2, 0.25) is 6.41 Å². The average molecular weight is 522 g/mol. The third kappa shape index (κ3) is 11.3. The minimum atomic E-state index is -2.83. The van der Waals surface area contributed by atoms with E-state index in [-0.39, 0.29) is 12.2 Å². The Morgan fingerprint density at radius 1 is 1.22 bits per heavy atom. The van der Waals surface area contributed by atoms with Gasteiger partial charge in [-0.25, -0.2) is 13.2 Å². The van der Waals surface area contributed by atoms with Crippen LogP contribution in [0, 0.1) is 26.6 Å². The maximum absolute atomic E-state index is 13.8. The number of hydrogen-bond acceptors (Lipinski definition) is 4. The predicted molar refractivity (Wildman–Crippen MR) is 146 cm³/mol. The molecule has 1 aromatic carbocycles. The number of amides is 1. The summed E-state index contributed by atoms with van der Waals surface area (Å²) >= 11 is 1.81. The first-order valence-corrected chi connectivity index (χ1v) is 12.9. The van der Waals surface area contributed by atoms with Crippen molar-refractivity contribution in [2.75, 3.05) is 5.88 Å². The Bertz CT molecular complexity index is 1030. The van der Waals surface area contributed by atoms with Gasteiger partial charge >= 0.3 is 0 Å². The molecule has 2 heterocycles. The summed E-state index contributed by atoms with van der Waals surface area (Å²) in [6, 6.07) is 6.53. The summed E-state index contributed by atoms with van der Waals surface area (Å²) in [5, 5.41) is 7.22. The summed E-state index contributed by atoms with van der Waals surface area (Å²) in [6.07, 6.45) is 6.18. The molecule has 4 nitrogen and oxygen atoms in total. The van der Waals surface area contributed by atoms with Gasteiger partial charge in [0.1, 0.15) is 5.82 Å². The SMILES string of the molecule is CC(NC=O)C(C)(F)F.CC1=CSCN1.CCC/C(=C\c1cc(F)c(C)cc1C)c1ccc(C)cn1. The van der Waals surface area contributed by atoms with Gasteiger partial charge in [0.25, 0.3) is 5.92 Å². The number of thioether (sulfide) groups is 1. The van der Waals surface area contributed by atoms with E-state index < -0.39 is 12.0 Å². The number of hydrogen-bond donors (Lipinski definition) is 2. The third-order valence-corrected chi connectivity index (χ3v) is 6.24. The molecule has 0 aliphatic carbocycles.